The van der Waals surface area contributed by atoms with E-state index in [2.05, 4.69) is 20.9 Å². The Labute approximate surface area is 109 Å². The summed E-state index contributed by atoms with van der Waals surface area (Å²) in [5.41, 5.74) is 0. The Kier molecular flexibility index (Phi) is 6.06. The van der Waals surface area contributed by atoms with Crippen molar-refractivity contribution in [1.29, 1.82) is 0 Å². The van der Waals surface area contributed by atoms with Gasteiger partial charge in [-0.05, 0) is 18.9 Å². The molecule has 0 unspecified atom stereocenters. The second kappa shape index (κ2) is 7.07. The van der Waals surface area contributed by atoms with Crippen LogP contribution in [0.15, 0.2) is 12.3 Å². The summed E-state index contributed by atoms with van der Waals surface area (Å²) < 4.78 is 13.5. The van der Waals surface area contributed by atoms with Gasteiger partial charge in [0.1, 0.15) is 0 Å². The molecular weight excluding hydrogens is 294 g/mol. The third kappa shape index (κ3) is 4.26. The fourth-order valence-corrected chi connectivity index (χ4v) is 1.96. The molecule has 0 aliphatic rings. The first-order valence-corrected chi connectivity index (χ1v) is 6.73. The summed E-state index contributed by atoms with van der Waals surface area (Å²) >= 11 is 9.02. The quantitative estimate of drug-likeness (QED) is 0.586. The van der Waals surface area contributed by atoms with E-state index in [1.54, 1.807) is 0 Å². The number of nitrogens with zero attached hydrogens (tertiary/aromatic N) is 2. The molecule has 90 valence electrons. The maximum Gasteiger partial charge on any atom is 0.167 e. The fraction of sp³-hybridized carbons (Fsp3) is 0.545. The van der Waals surface area contributed by atoms with Crippen molar-refractivity contribution in [3.05, 3.63) is 23.1 Å². The number of unbranched alkanes of at least 4 members (excludes halogenated alkanes) is 2. The minimum absolute atomic E-state index is 0.328. The van der Waals surface area contributed by atoms with Crippen molar-refractivity contribution in [3.63, 3.8) is 0 Å². The van der Waals surface area contributed by atoms with Crippen LogP contribution in [0.3, 0.4) is 0 Å². The van der Waals surface area contributed by atoms with Crippen LogP contribution in [-0.2, 0) is 0 Å². The molecule has 5 heteroatoms. The highest BCUT2D eigenvalue weighted by Crippen LogP contribution is 2.18. The molecular formula is C11H15BrClFN2. The highest BCUT2D eigenvalue weighted by molar-refractivity contribution is 9.09. The molecule has 0 saturated heterocycles. The van der Waals surface area contributed by atoms with Crippen LogP contribution in [0.25, 0.3) is 0 Å². The maximum absolute atomic E-state index is 13.5. The smallest absolute Gasteiger partial charge is 0.167 e. The minimum Gasteiger partial charge on any atom is -0.357 e. The molecule has 0 aliphatic carbocycles. The second-order valence-electron chi connectivity index (χ2n) is 3.63. The van der Waals surface area contributed by atoms with Crippen molar-refractivity contribution in [1.82, 2.24) is 4.98 Å². The Morgan fingerprint density at radius 3 is 2.81 bits per heavy atom. The van der Waals surface area contributed by atoms with Gasteiger partial charge in [-0.3, -0.25) is 0 Å². The van der Waals surface area contributed by atoms with Crippen LogP contribution in [0.5, 0.6) is 0 Å². The van der Waals surface area contributed by atoms with E-state index in [4.69, 9.17) is 11.6 Å². The predicted octanol–water partition coefficient (Wildman–Crippen LogP) is 3.88. The first-order chi connectivity index (χ1) is 7.65. The molecule has 16 heavy (non-hydrogen) atoms. The largest absolute Gasteiger partial charge is 0.357 e. The number of aromatic nitrogens is 1. The van der Waals surface area contributed by atoms with Crippen LogP contribution in [0.2, 0.25) is 5.02 Å². The number of alkyl halides is 1. The normalized spacial score (nSPS) is 10.5. The number of halogens is 3. The van der Waals surface area contributed by atoms with E-state index in [1.807, 2.05) is 11.9 Å². The molecule has 0 atom stereocenters. The Morgan fingerprint density at radius 2 is 2.19 bits per heavy atom. The highest BCUT2D eigenvalue weighted by atomic mass is 79.9. The molecule has 0 bridgehead atoms. The third-order valence-electron chi connectivity index (χ3n) is 2.28. The maximum atomic E-state index is 13.5. The van der Waals surface area contributed by atoms with Gasteiger partial charge in [-0.15, -0.1) is 0 Å². The lowest BCUT2D eigenvalue weighted by Crippen LogP contribution is -2.21. The lowest BCUT2D eigenvalue weighted by Gasteiger charge is -2.18. The zero-order valence-corrected chi connectivity index (χ0v) is 11.6. The van der Waals surface area contributed by atoms with Crippen LogP contribution in [0, 0.1) is 5.82 Å². The van der Waals surface area contributed by atoms with Gasteiger partial charge in [0.15, 0.2) is 11.6 Å². The number of hydrogen-bond acceptors (Lipinski definition) is 2. The Balaban J connectivity index is 2.49. The first-order valence-electron chi connectivity index (χ1n) is 5.23. The average Bonchev–Trinajstić information content (AvgIpc) is 2.24. The number of anilines is 1. The van der Waals surface area contributed by atoms with Gasteiger partial charge in [0.2, 0.25) is 0 Å². The van der Waals surface area contributed by atoms with E-state index in [0.29, 0.717) is 10.8 Å². The van der Waals surface area contributed by atoms with Gasteiger partial charge in [-0.2, -0.15) is 0 Å². The predicted molar refractivity (Wildman–Crippen MR) is 70.1 cm³/mol. The third-order valence-corrected chi connectivity index (χ3v) is 3.04. The van der Waals surface area contributed by atoms with E-state index in [1.165, 1.54) is 12.3 Å². The Bertz CT molecular complexity index is 336. The van der Waals surface area contributed by atoms with E-state index in [0.717, 1.165) is 31.1 Å². The minimum atomic E-state index is -0.365. The van der Waals surface area contributed by atoms with Crippen LogP contribution < -0.4 is 4.90 Å². The molecule has 1 heterocycles. The van der Waals surface area contributed by atoms with Crippen molar-refractivity contribution < 1.29 is 4.39 Å². The van der Waals surface area contributed by atoms with Crippen LogP contribution >= 0.6 is 27.5 Å². The standard InChI is InChI=1S/C11H15BrClFN2/c1-16(6-4-2-3-5-12)11-10(14)7-9(13)8-15-11/h7-8H,2-6H2,1H3. The topological polar surface area (TPSA) is 16.1 Å². The molecule has 0 radical (unpaired) electrons. The summed E-state index contributed by atoms with van der Waals surface area (Å²) in [6.07, 6.45) is 4.77. The van der Waals surface area contributed by atoms with Gasteiger partial charge in [-0.25, -0.2) is 9.37 Å². The van der Waals surface area contributed by atoms with E-state index >= 15 is 0 Å². The molecule has 0 N–H and O–H groups in total. The molecule has 0 spiro atoms. The summed E-state index contributed by atoms with van der Waals surface area (Å²) in [6.45, 7) is 0.804. The van der Waals surface area contributed by atoms with Crippen molar-refractivity contribution in [3.8, 4) is 0 Å². The highest BCUT2D eigenvalue weighted by Gasteiger charge is 2.09. The van der Waals surface area contributed by atoms with E-state index in [-0.39, 0.29) is 5.82 Å². The lowest BCUT2D eigenvalue weighted by molar-refractivity contribution is 0.609. The van der Waals surface area contributed by atoms with E-state index < -0.39 is 0 Å². The zero-order chi connectivity index (χ0) is 12.0. The van der Waals surface area contributed by atoms with Gasteiger partial charge < -0.3 is 4.90 Å². The Hall–Kier alpha value is -0.350. The fourth-order valence-electron chi connectivity index (χ4n) is 1.41. The SMILES string of the molecule is CN(CCCCCBr)c1ncc(Cl)cc1F. The van der Waals surface area contributed by atoms with Crippen LogP contribution in [-0.4, -0.2) is 23.9 Å². The van der Waals surface area contributed by atoms with Crippen molar-refractivity contribution in [2.45, 2.75) is 19.3 Å². The Morgan fingerprint density at radius 1 is 1.44 bits per heavy atom. The van der Waals surface area contributed by atoms with Gasteiger partial charge in [-0.1, -0.05) is 34.0 Å². The molecule has 1 aromatic rings. The van der Waals surface area contributed by atoms with Crippen molar-refractivity contribution in [2.75, 3.05) is 23.8 Å². The van der Waals surface area contributed by atoms with Crippen molar-refractivity contribution in [2.24, 2.45) is 0 Å². The van der Waals surface area contributed by atoms with Gasteiger partial charge in [0.25, 0.3) is 0 Å². The summed E-state index contributed by atoms with van der Waals surface area (Å²) in [5.74, 6) is -0.00117. The van der Waals surface area contributed by atoms with Gasteiger partial charge in [0, 0.05) is 25.1 Å². The number of rotatable bonds is 6. The van der Waals surface area contributed by atoms with Crippen molar-refractivity contribution >= 4 is 33.3 Å². The summed E-state index contributed by atoms with van der Waals surface area (Å²) in [6, 6.07) is 1.29. The molecule has 0 aliphatic heterocycles. The molecule has 1 aromatic heterocycles. The molecule has 2 nitrogen and oxygen atoms in total. The summed E-state index contributed by atoms with van der Waals surface area (Å²) in [4.78, 5) is 5.81. The first kappa shape index (κ1) is 13.7. The molecule has 1 rings (SSSR count). The number of hydrogen-bond donors (Lipinski definition) is 0. The second-order valence-corrected chi connectivity index (χ2v) is 4.86. The zero-order valence-electron chi connectivity index (χ0n) is 9.22. The number of pyridine rings is 1. The molecule has 0 saturated carbocycles. The molecule has 0 aromatic carbocycles. The molecule has 0 amide bonds. The van der Waals surface area contributed by atoms with Gasteiger partial charge >= 0.3 is 0 Å². The van der Waals surface area contributed by atoms with Crippen LogP contribution in [0.4, 0.5) is 10.2 Å². The summed E-state index contributed by atoms with van der Waals surface area (Å²) in [7, 11) is 1.84. The van der Waals surface area contributed by atoms with Gasteiger partial charge in [0.05, 0.1) is 5.02 Å². The average molecular weight is 310 g/mol. The monoisotopic (exact) mass is 308 g/mol. The van der Waals surface area contributed by atoms with Crippen LogP contribution in [0.1, 0.15) is 19.3 Å². The summed E-state index contributed by atoms with van der Waals surface area (Å²) in [5, 5.41) is 1.35. The lowest BCUT2D eigenvalue weighted by atomic mass is 10.2. The van der Waals surface area contributed by atoms with E-state index in [9.17, 15) is 4.39 Å². The molecule has 0 fully saturated rings.